The Bertz CT molecular complexity index is 537. The van der Waals surface area contributed by atoms with Gasteiger partial charge < -0.3 is 0 Å². The van der Waals surface area contributed by atoms with Gasteiger partial charge in [-0.05, 0) is 49.7 Å². The fraction of sp³-hybridized carbons (Fsp3) is 0.625. The summed E-state index contributed by atoms with van der Waals surface area (Å²) in [6, 6.07) is 2.34. The smallest absolute Gasteiger partial charge is 0.261 e. The number of anilines is 1. The van der Waals surface area contributed by atoms with E-state index in [2.05, 4.69) is 15.5 Å². The van der Waals surface area contributed by atoms with Crippen molar-refractivity contribution in [3.05, 3.63) is 23.9 Å². The van der Waals surface area contributed by atoms with Crippen molar-refractivity contribution in [2.24, 2.45) is 16.9 Å². The third-order valence-electron chi connectivity index (χ3n) is 4.79. The van der Waals surface area contributed by atoms with Crippen LogP contribution in [0.2, 0.25) is 0 Å². The second kappa shape index (κ2) is 6.26. The maximum atomic E-state index is 12.5. The lowest BCUT2D eigenvalue weighted by Gasteiger charge is -2.35. The second-order valence-electron chi connectivity index (χ2n) is 6.27. The number of rotatable bonds is 2. The van der Waals surface area contributed by atoms with E-state index in [1.165, 1.54) is 38.2 Å². The van der Waals surface area contributed by atoms with Crippen LogP contribution in [0.3, 0.4) is 0 Å². The molecule has 1 aromatic rings. The van der Waals surface area contributed by atoms with Gasteiger partial charge in [0.15, 0.2) is 0 Å². The number of hydrogen-bond donors (Lipinski definition) is 1. The molecule has 3 nitrogen and oxygen atoms in total. The molecule has 0 aliphatic heterocycles. The summed E-state index contributed by atoms with van der Waals surface area (Å²) in [5.41, 5.74) is 3.17. The molecular weight excluding hydrogens is 291 g/mol. The van der Waals surface area contributed by atoms with Gasteiger partial charge in [-0.1, -0.05) is 19.3 Å². The van der Waals surface area contributed by atoms with Gasteiger partial charge in [-0.25, -0.2) is 4.98 Å². The standard InChI is InChI=1S/C16H20F3N3/c17-16(18,19)13-6-8-15(20-10-13)22-21-14-7-5-11-3-1-2-4-12(11)9-14/h6,8,10-12H,1-5,7,9H2,(H,20,22)/b21-14+/t11-,12+/m1/s1. The molecule has 120 valence electrons. The number of hydrazone groups is 1. The molecule has 0 aromatic carbocycles. The van der Waals surface area contributed by atoms with E-state index in [9.17, 15) is 13.2 Å². The zero-order chi connectivity index (χ0) is 15.6. The van der Waals surface area contributed by atoms with Crippen LogP contribution in [0.15, 0.2) is 23.4 Å². The van der Waals surface area contributed by atoms with Crippen LogP contribution in [0.25, 0.3) is 0 Å². The van der Waals surface area contributed by atoms with Crippen molar-refractivity contribution in [1.29, 1.82) is 0 Å². The van der Waals surface area contributed by atoms with Gasteiger partial charge in [0.1, 0.15) is 5.82 Å². The number of pyridine rings is 1. The van der Waals surface area contributed by atoms with Crippen molar-refractivity contribution >= 4 is 11.5 Å². The van der Waals surface area contributed by atoms with Crippen LogP contribution in [0.5, 0.6) is 0 Å². The average molecular weight is 311 g/mol. The molecule has 0 unspecified atom stereocenters. The Morgan fingerprint density at radius 2 is 1.86 bits per heavy atom. The predicted octanol–water partition coefficient (Wildman–Crippen LogP) is 4.86. The number of halogens is 3. The Kier molecular flexibility index (Phi) is 4.36. The Labute approximate surface area is 128 Å². The fourth-order valence-electron chi connectivity index (χ4n) is 3.56. The Balaban J connectivity index is 1.59. The van der Waals surface area contributed by atoms with Crippen LogP contribution >= 0.6 is 0 Å². The Hall–Kier alpha value is -1.59. The minimum atomic E-state index is -4.35. The highest BCUT2D eigenvalue weighted by Crippen LogP contribution is 2.39. The van der Waals surface area contributed by atoms with Gasteiger partial charge in [-0.2, -0.15) is 18.3 Å². The van der Waals surface area contributed by atoms with Crippen LogP contribution in [-0.2, 0) is 6.18 Å². The highest BCUT2D eigenvalue weighted by molar-refractivity contribution is 5.86. The van der Waals surface area contributed by atoms with E-state index < -0.39 is 11.7 Å². The maximum Gasteiger partial charge on any atom is 0.417 e. The molecule has 2 aliphatic rings. The molecule has 1 N–H and O–H groups in total. The summed E-state index contributed by atoms with van der Waals surface area (Å²) in [6.45, 7) is 0. The first-order valence-electron chi connectivity index (χ1n) is 7.87. The Morgan fingerprint density at radius 1 is 1.09 bits per heavy atom. The monoisotopic (exact) mass is 311 g/mol. The van der Waals surface area contributed by atoms with Crippen molar-refractivity contribution in [2.45, 2.75) is 51.1 Å². The van der Waals surface area contributed by atoms with E-state index in [1.807, 2.05) is 0 Å². The van der Waals surface area contributed by atoms with Crippen molar-refractivity contribution < 1.29 is 13.2 Å². The molecule has 6 heteroatoms. The second-order valence-corrected chi connectivity index (χ2v) is 6.27. The van der Waals surface area contributed by atoms with Crippen LogP contribution in [0.4, 0.5) is 19.0 Å². The zero-order valence-electron chi connectivity index (χ0n) is 12.4. The van der Waals surface area contributed by atoms with Crippen LogP contribution < -0.4 is 5.43 Å². The molecule has 1 aromatic heterocycles. The highest BCUT2D eigenvalue weighted by Gasteiger charge is 2.31. The number of nitrogens with zero attached hydrogens (tertiary/aromatic N) is 2. The predicted molar refractivity (Wildman–Crippen MR) is 79.6 cm³/mol. The van der Waals surface area contributed by atoms with Gasteiger partial charge in [0.25, 0.3) is 0 Å². The molecule has 3 rings (SSSR count). The topological polar surface area (TPSA) is 37.3 Å². The van der Waals surface area contributed by atoms with Crippen molar-refractivity contribution in [3.63, 3.8) is 0 Å². The van der Waals surface area contributed by atoms with Gasteiger partial charge in [0, 0.05) is 11.9 Å². The van der Waals surface area contributed by atoms with E-state index in [0.717, 1.165) is 42.7 Å². The lowest BCUT2D eigenvalue weighted by molar-refractivity contribution is -0.137. The van der Waals surface area contributed by atoms with Gasteiger partial charge in [0.2, 0.25) is 0 Å². The molecule has 22 heavy (non-hydrogen) atoms. The average Bonchev–Trinajstić information content (AvgIpc) is 2.52. The van der Waals surface area contributed by atoms with E-state index in [4.69, 9.17) is 0 Å². The van der Waals surface area contributed by atoms with E-state index in [-0.39, 0.29) is 0 Å². The minimum absolute atomic E-state index is 0.353. The molecule has 2 atom stereocenters. The molecule has 0 radical (unpaired) electrons. The number of alkyl halides is 3. The van der Waals surface area contributed by atoms with Crippen LogP contribution in [0, 0.1) is 11.8 Å². The third-order valence-corrected chi connectivity index (χ3v) is 4.79. The number of hydrogen-bond acceptors (Lipinski definition) is 3. The summed E-state index contributed by atoms with van der Waals surface area (Å²) in [6.07, 6.45) is 4.94. The number of fused-ring (bicyclic) bond motifs is 1. The summed E-state index contributed by atoms with van der Waals surface area (Å²) in [7, 11) is 0. The first-order valence-corrected chi connectivity index (χ1v) is 7.87. The maximum absolute atomic E-state index is 12.5. The lowest BCUT2D eigenvalue weighted by atomic mass is 9.70. The summed E-state index contributed by atoms with van der Waals surface area (Å²) < 4.78 is 37.4. The Morgan fingerprint density at radius 3 is 2.55 bits per heavy atom. The normalized spacial score (nSPS) is 27.5. The van der Waals surface area contributed by atoms with Crippen LogP contribution in [0.1, 0.15) is 50.5 Å². The highest BCUT2D eigenvalue weighted by atomic mass is 19.4. The summed E-state index contributed by atoms with van der Waals surface area (Å²) in [4.78, 5) is 3.77. The van der Waals surface area contributed by atoms with E-state index in [1.54, 1.807) is 0 Å². The van der Waals surface area contributed by atoms with Gasteiger partial charge in [0.05, 0.1) is 5.56 Å². The SMILES string of the molecule is FC(F)(F)c1ccc(N/N=C2\CC[C@H]3CCCC[C@H]3C2)nc1. The zero-order valence-corrected chi connectivity index (χ0v) is 12.4. The number of nitrogens with one attached hydrogen (secondary N) is 1. The third kappa shape index (κ3) is 3.59. The van der Waals surface area contributed by atoms with Crippen molar-refractivity contribution in [3.8, 4) is 0 Å². The van der Waals surface area contributed by atoms with E-state index >= 15 is 0 Å². The van der Waals surface area contributed by atoms with Gasteiger partial charge in [-0.15, -0.1) is 0 Å². The summed E-state index contributed by atoms with van der Waals surface area (Å²) in [5, 5.41) is 4.36. The largest absolute Gasteiger partial charge is 0.417 e. The van der Waals surface area contributed by atoms with Crippen molar-refractivity contribution in [2.75, 3.05) is 5.43 Å². The fourth-order valence-corrected chi connectivity index (χ4v) is 3.56. The molecule has 0 bridgehead atoms. The molecule has 0 saturated heterocycles. The van der Waals surface area contributed by atoms with Gasteiger partial charge >= 0.3 is 6.18 Å². The summed E-state index contributed by atoms with van der Waals surface area (Å²) in [5.74, 6) is 1.94. The molecule has 2 fully saturated rings. The van der Waals surface area contributed by atoms with E-state index in [0.29, 0.717) is 5.82 Å². The quantitative estimate of drug-likeness (QED) is 0.792. The molecule has 0 amide bonds. The minimum Gasteiger partial charge on any atom is -0.261 e. The molecule has 1 heterocycles. The van der Waals surface area contributed by atoms with Crippen molar-refractivity contribution in [1.82, 2.24) is 4.98 Å². The van der Waals surface area contributed by atoms with Crippen LogP contribution in [-0.4, -0.2) is 10.7 Å². The first-order chi connectivity index (χ1) is 10.5. The van der Waals surface area contributed by atoms with Gasteiger partial charge in [-0.3, -0.25) is 5.43 Å². The molecule has 2 aliphatic carbocycles. The molecule has 0 spiro atoms. The lowest BCUT2D eigenvalue weighted by Crippen LogP contribution is -2.28. The number of aromatic nitrogens is 1. The first kappa shape index (κ1) is 15.3. The molecule has 2 saturated carbocycles. The summed E-state index contributed by atoms with van der Waals surface area (Å²) >= 11 is 0. The molecular formula is C16H20F3N3.